The fourth-order valence-electron chi connectivity index (χ4n) is 0.957. The van der Waals surface area contributed by atoms with Crippen molar-refractivity contribution in [3.05, 3.63) is 34.5 Å². The van der Waals surface area contributed by atoms with E-state index in [4.69, 9.17) is 27.6 Å². The fraction of sp³-hybridized carbons (Fsp3) is 0. The molecule has 1 aromatic carbocycles. The first kappa shape index (κ1) is 7.01. The smallest absolute Gasteiger partial charge is 0.135 e. The van der Waals surface area contributed by atoms with Gasteiger partial charge in [0.05, 0.1) is 16.3 Å². The summed E-state index contributed by atoms with van der Waals surface area (Å²) in [6.07, 6.45) is 1.61. The molecule has 0 unspecified atom stereocenters. The van der Waals surface area contributed by atoms with Crippen molar-refractivity contribution in [3.8, 4) is 0 Å². The largest absolute Gasteiger partial charge is 0.464 e. The van der Waals surface area contributed by atoms with Crippen molar-refractivity contribution in [2.75, 3.05) is 0 Å². The number of benzene rings is 1. The maximum atomic E-state index is 5.77. The summed E-state index contributed by atoms with van der Waals surface area (Å²) in [5.41, 5.74) is 0.763. The average molecular weight is 187 g/mol. The van der Waals surface area contributed by atoms with Gasteiger partial charge in [0, 0.05) is 11.5 Å². The van der Waals surface area contributed by atoms with Crippen molar-refractivity contribution in [2.24, 2.45) is 0 Å². The van der Waals surface area contributed by atoms with Crippen molar-refractivity contribution in [3.63, 3.8) is 0 Å². The van der Waals surface area contributed by atoms with Crippen LogP contribution in [0.4, 0.5) is 0 Å². The molecule has 56 valence electrons. The second-order valence-electron chi connectivity index (χ2n) is 2.22. The standard InChI is InChI=1S/C8H4Cl2O/c9-6-3-5-1-2-11-8(5)4-7(6)10/h1-4H. The van der Waals surface area contributed by atoms with Gasteiger partial charge in [0.1, 0.15) is 5.58 Å². The summed E-state index contributed by atoms with van der Waals surface area (Å²) >= 11 is 11.5. The predicted octanol–water partition coefficient (Wildman–Crippen LogP) is 3.74. The normalized spacial score (nSPS) is 10.7. The molecule has 1 heterocycles. The Bertz CT molecular complexity index is 356. The van der Waals surface area contributed by atoms with E-state index < -0.39 is 0 Å². The summed E-state index contributed by atoms with van der Waals surface area (Å²) < 4.78 is 5.11. The Labute approximate surface area is 73.5 Å². The monoisotopic (exact) mass is 186 g/mol. The number of hydrogen-bond donors (Lipinski definition) is 0. The van der Waals surface area contributed by atoms with Gasteiger partial charge in [-0.3, -0.25) is 0 Å². The van der Waals surface area contributed by atoms with E-state index in [0.717, 1.165) is 11.0 Å². The van der Waals surface area contributed by atoms with Crippen molar-refractivity contribution in [1.82, 2.24) is 0 Å². The molecule has 0 radical (unpaired) electrons. The number of rotatable bonds is 0. The molecule has 0 atom stereocenters. The lowest BCUT2D eigenvalue weighted by Gasteiger charge is -1.93. The van der Waals surface area contributed by atoms with Gasteiger partial charge in [0.2, 0.25) is 0 Å². The highest BCUT2D eigenvalue weighted by molar-refractivity contribution is 6.42. The highest BCUT2D eigenvalue weighted by Crippen LogP contribution is 2.27. The van der Waals surface area contributed by atoms with Crippen LogP contribution in [0.25, 0.3) is 11.0 Å². The summed E-state index contributed by atoms with van der Waals surface area (Å²) in [5.74, 6) is 0. The molecule has 1 aromatic heterocycles. The zero-order valence-electron chi connectivity index (χ0n) is 5.47. The highest BCUT2D eigenvalue weighted by atomic mass is 35.5. The third-order valence-electron chi connectivity index (χ3n) is 1.50. The minimum atomic E-state index is 0.522. The molecule has 0 saturated heterocycles. The van der Waals surface area contributed by atoms with Gasteiger partial charge in [0.25, 0.3) is 0 Å². The van der Waals surface area contributed by atoms with E-state index >= 15 is 0 Å². The van der Waals surface area contributed by atoms with E-state index in [1.807, 2.05) is 6.07 Å². The quantitative estimate of drug-likeness (QED) is 0.612. The summed E-state index contributed by atoms with van der Waals surface area (Å²) in [7, 11) is 0. The summed E-state index contributed by atoms with van der Waals surface area (Å²) in [4.78, 5) is 0. The molecule has 0 bridgehead atoms. The fourth-order valence-corrected chi connectivity index (χ4v) is 1.28. The molecule has 0 aliphatic rings. The predicted molar refractivity (Wildman–Crippen MR) is 46.2 cm³/mol. The Kier molecular flexibility index (Phi) is 1.55. The van der Waals surface area contributed by atoms with Crippen LogP contribution >= 0.6 is 23.2 Å². The Morgan fingerprint density at radius 3 is 2.64 bits per heavy atom. The van der Waals surface area contributed by atoms with Gasteiger partial charge in [0.15, 0.2) is 0 Å². The second-order valence-corrected chi connectivity index (χ2v) is 3.04. The Balaban J connectivity index is 2.86. The van der Waals surface area contributed by atoms with E-state index in [1.165, 1.54) is 0 Å². The third kappa shape index (κ3) is 1.10. The van der Waals surface area contributed by atoms with Crippen LogP contribution in [0.1, 0.15) is 0 Å². The van der Waals surface area contributed by atoms with Gasteiger partial charge < -0.3 is 4.42 Å². The topological polar surface area (TPSA) is 13.1 Å². The van der Waals surface area contributed by atoms with Crippen LogP contribution in [0.2, 0.25) is 10.0 Å². The van der Waals surface area contributed by atoms with Gasteiger partial charge >= 0.3 is 0 Å². The SMILES string of the molecule is Clc1cc2ccoc2cc1Cl. The van der Waals surface area contributed by atoms with Crippen LogP contribution in [0.3, 0.4) is 0 Å². The first-order valence-electron chi connectivity index (χ1n) is 3.09. The first-order valence-corrected chi connectivity index (χ1v) is 3.85. The number of hydrogen-bond acceptors (Lipinski definition) is 1. The molecule has 2 aromatic rings. The molecule has 0 saturated carbocycles. The molecule has 0 N–H and O–H groups in total. The zero-order valence-corrected chi connectivity index (χ0v) is 6.99. The summed E-state index contributed by atoms with van der Waals surface area (Å²) in [6, 6.07) is 5.33. The van der Waals surface area contributed by atoms with E-state index in [1.54, 1.807) is 18.4 Å². The molecule has 0 aliphatic carbocycles. The van der Waals surface area contributed by atoms with E-state index in [0.29, 0.717) is 10.0 Å². The third-order valence-corrected chi connectivity index (χ3v) is 2.22. The average Bonchev–Trinajstić information content (AvgIpc) is 2.36. The maximum Gasteiger partial charge on any atom is 0.135 e. The lowest BCUT2D eigenvalue weighted by Crippen LogP contribution is -1.67. The van der Waals surface area contributed by atoms with Crippen LogP contribution in [0.15, 0.2) is 28.9 Å². The van der Waals surface area contributed by atoms with Gasteiger partial charge in [-0.1, -0.05) is 23.2 Å². The zero-order chi connectivity index (χ0) is 7.84. The van der Waals surface area contributed by atoms with Crippen LogP contribution < -0.4 is 0 Å². The number of furan rings is 1. The van der Waals surface area contributed by atoms with Crippen molar-refractivity contribution in [2.45, 2.75) is 0 Å². The molecule has 2 rings (SSSR count). The first-order chi connectivity index (χ1) is 5.27. The molecule has 0 spiro atoms. The van der Waals surface area contributed by atoms with Crippen molar-refractivity contribution in [1.29, 1.82) is 0 Å². The van der Waals surface area contributed by atoms with Crippen molar-refractivity contribution < 1.29 is 4.42 Å². The molecule has 11 heavy (non-hydrogen) atoms. The second kappa shape index (κ2) is 2.43. The van der Waals surface area contributed by atoms with Gasteiger partial charge in [-0.2, -0.15) is 0 Å². The van der Waals surface area contributed by atoms with Crippen molar-refractivity contribution >= 4 is 34.2 Å². The highest BCUT2D eigenvalue weighted by Gasteiger charge is 2.01. The van der Waals surface area contributed by atoms with E-state index in [2.05, 4.69) is 0 Å². The summed E-state index contributed by atoms with van der Waals surface area (Å²) in [6.45, 7) is 0. The lowest BCUT2D eigenvalue weighted by molar-refractivity contribution is 0.616. The molecule has 0 fully saturated rings. The van der Waals surface area contributed by atoms with Gasteiger partial charge in [-0.05, 0) is 12.1 Å². The van der Waals surface area contributed by atoms with Gasteiger partial charge in [-0.25, -0.2) is 0 Å². The lowest BCUT2D eigenvalue weighted by atomic mass is 10.3. The number of fused-ring (bicyclic) bond motifs is 1. The molecule has 3 heteroatoms. The minimum Gasteiger partial charge on any atom is -0.464 e. The molecule has 1 nitrogen and oxygen atoms in total. The van der Waals surface area contributed by atoms with E-state index in [9.17, 15) is 0 Å². The number of halogens is 2. The minimum absolute atomic E-state index is 0.522. The van der Waals surface area contributed by atoms with Gasteiger partial charge in [-0.15, -0.1) is 0 Å². The summed E-state index contributed by atoms with van der Waals surface area (Å²) in [5, 5.41) is 2.05. The Morgan fingerprint density at radius 1 is 1.09 bits per heavy atom. The molecule has 0 amide bonds. The molecular formula is C8H4Cl2O. The Hall–Kier alpha value is -0.660. The molecular weight excluding hydrogens is 183 g/mol. The molecule has 0 aliphatic heterocycles. The van der Waals surface area contributed by atoms with Crippen LogP contribution in [-0.4, -0.2) is 0 Å². The Morgan fingerprint density at radius 2 is 1.82 bits per heavy atom. The van der Waals surface area contributed by atoms with E-state index in [-0.39, 0.29) is 0 Å². The van der Waals surface area contributed by atoms with Crippen LogP contribution in [0, 0.1) is 0 Å². The maximum absolute atomic E-state index is 5.77. The van der Waals surface area contributed by atoms with Crippen LogP contribution in [0.5, 0.6) is 0 Å². The van der Waals surface area contributed by atoms with Crippen LogP contribution in [-0.2, 0) is 0 Å².